The highest BCUT2D eigenvalue weighted by Crippen LogP contribution is 2.20. The number of amides is 3. The predicted octanol–water partition coefficient (Wildman–Crippen LogP) is 2.22. The van der Waals surface area contributed by atoms with Gasteiger partial charge < -0.3 is 14.8 Å². The number of nitrogens with zero attached hydrogens (tertiary/aromatic N) is 1. The van der Waals surface area contributed by atoms with E-state index >= 15 is 0 Å². The van der Waals surface area contributed by atoms with Crippen LogP contribution in [0.5, 0.6) is 0 Å². The summed E-state index contributed by atoms with van der Waals surface area (Å²) in [5.74, 6) is -0.755. The van der Waals surface area contributed by atoms with Crippen molar-refractivity contribution < 1.29 is 23.9 Å². The molecule has 0 aromatic heterocycles. The summed E-state index contributed by atoms with van der Waals surface area (Å²) in [6.45, 7) is 11.6. The van der Waals surface area contributed by atoms with Crippen molar-refractivity contribution in [2.75, 3.05) is 13.2 Å². The lowest BCUT2D eigenvalue weighted by atomic mass is 9.99. The number of ether oxygens (including phenoxy) is 1. The first-order valence-electron chi connectivity index (χ1n) is 9.61. The van der Waals surface area contributed by atoms with E-state index in [0.29, 0.717) is 25.9 Å². The van der Waals surface area contributed by atoms with E-state index in [9.17, 15) is 19.2 Å². The molecule has 0 saturated carbocycles. The molecule has 1 N–H and O–H groups in total. The van der Waals surface area contributed by atoms with Crippen LogP contribution in [0.3, 0.4) is 0 Å². The van der Waals surface area contributed by atoms with Gasteiger partial charge in [-0.3, -0.25) is 19.3 Å². The molecule has 154 valence electrons. The summed E-state index contributed by atoms with van der Waals surface area (Å²) in [5.41, 5.74) is -0.862. The minimum Gasteiger partial charge on any atom is -0.375 e. The van der Waals surface area contributed by atoms with Crippen LogP contribution in [0.1, 0.15) is 73.6 Å². The van der Waals surface area contributed by atoms with Gasteiger partial charge in [-0.05, 0) is 47.5 Å². The maximum Gasteiger partial charge on any atom is 0.232 e. The highest BCUT2D eigenvalue weighted by atomic mass is 16.5. The molecule has 1 fully saturated rings. The number of hydrogen-bond donors (Lipinski definition) is 1. The molecule has 1 aliphatic heterocycles. The minimum absolute atomic E-state index is 0.0958. The molecule has 1 aliphatic rings. The van der Waals surface area contributed by atoms with Gasteiger partial charge in [0.15, 0.2) is 0 Å². The normalized spacial score (nSPS) is 18.1. The number of nitrogens with one attached hydrogen (secondary N) is 1. The Morgan fingerprint density at radius 1 is 1.15 bits per heavy atom. The Balaban J connectivity index is 2.36. The van der Waals surface area contributed by atoms with Crippen LogP contribution in [0.4, 0.5) is 0 Å². The monoisotopic (exact) mass is 382 g/mol. The first-order chi connectivity index (χ1) is 12.3. The molecule has 1 saturated heterocycles. The fourth-order valence-electron chi connectivity index (χ4n) is 2.93. The van der Waals surface area contributed by atoms with Gasteiger partial charge in [-0.2, -0.15) is 0 Å². The molecule has 7 nitrogen and oxygen atoms in total. The van der Waals surface area contributed by atoms with E-state index in [-0.39, 0.29) is 54.4 Å². The molecular weight excluding hydrogens is 348 g/mol. The minimum atomic E-state index is -0.472. The van der Waals surface area contributed by atoms with Gasteiger partial charge in [-0.15, -0.1) is 0 Å². The number of ketones is 1. The van der Waals surface area contributed by atoms with E-state index in [1.807, 2.05) is 27.7 Å². The fraction of sp³-hybridized carbons (Fsp3) is 0.800. The second-order valence-electron chi connectivity index (χ2n) is 8.73. The van der Waals surface area contributed by atoms with Crippen molar-refractivity contribution in [1.29, 1.82) is 0 Å². The average Bonchev–Trinajstić information content (AvgIpc) is 2.75. The molecule has 27 heavy (non-hydrogen) atoms. The highest BCUT2D eigenvalue weighted by molar-refractivity contribution is 6.03. The summed E-state index contributed by atoms with van der Waals surface area (Å²) in [4.78, 5) is 48.1. The number of imide groups is 1. The maximum absolute atomic E-state index is 12.2. The fourth-order valence-corrected chi connectivity index (χ4v) is 2.93. The Morgan fingerprint density at radius 3 is 2.30 bits per heavy atom. The van der Waals surface area contributed by atoms with Crippen molar-refractivity contribution in [3.8, 4) is 0 Å². The molecule has 0 aromatic rings. The van der Waals surface area contributed by atoms with Gasteiger partial charge in [-0.1, -0.05) is 6.92 Å². The van der Waals surface area contributed by atoms with Crippen molar-refractivity contribution in [1.82, 2.24) is 10.2 Å². The molecule has 1 rings (SSSR count). The number of rotatable bonds is 11. The second kappa shape index (κ2) is 9.44. The summed E-state index contributed by atoms with van der Waals surface area (Å²) in [5, 5.41) is 2.94. The maximum atomic E-state index is 12.2. The first kappa shape index (κ1) is 23.3. The van der Waals surface area contributed by atoms with Crippen LogP contribution in [0.15, 0.2) is 0 Å². The van der Waals surface area contributed by atoms with Crippen LogP contribution >= 0.6 is 0 Å². The van der Waals surface area contributed by atoms with E-state index in [4.69, 9.17) is 4.74 Å². The number of Topliss-reactive ketones (excluding diaryl/α,β-unsaturated/α-hetero) is 1. The Morgan fingerprint density at radius 2 is 1.78 bits per heavy atom. The zero-order chi connectivity index (χ0) is 20.8. The molecule has 0 bridgehead atoms. The number of hydrogen-bond acceptors (Lipinski definition) is 5. The molecule has 0 radical (unpaired) electrons. The molecule has 0 aliphatic carbocycles. The van der Waals surface area contributed by atoms with E-state index in [1.165, 1.54) is 4.90 Å². The third-order valence-corrected chi connectivity index (χ3v) is 4.81. The first-order valence-corrected chi connectivity index (χ1v) is 9.61. The topological polar surface area (TPSA) is 92.8 Å². The zero-order valence-electron chi connectivity index (χ0n) is 17.5. The lowest BCUT2D eigenvalue weighted by Gasteiger charge is -2.30. The summed E-state index contributed by atoms with van der Waals surface area (Å²) in [6.07, 6.45) is 2.08. The van der Waals surface area contributed by atoms with Crippen molar-refractivity contribution in [3.05, 3.63) is 0 Å². The molecule has 1 atom stereocenters. The summed E-state index contributed by atoms with van der Waals surface area (Å²) in [6, 6.07) is 0. The van der Waals surface area contributed by atoms with Crippen molar-refractivity contribution in [2.24, 2.45) is 5.92 Å². The van der Waals surface area contributed by atoms with Gasteiger partial charge in [0.25, 0.3) is 0 Å². The smallest absolute Gasteiger partial charge is 0.232 e. The Bertz CT molecular complexity index is 583. The van der Waals surface area contributed by atoms with Gasteiger partial charge in [0, 0.05) is 43.9 Å². The number of carbonyl (C=O) groups excluding carboxylic acids is 4. The average molecular weight is 383 g/mol. The number of carbonyl (C=O) groups is 4. The van der Waals surface area contributed by atoms with E-state index in [2.05, 4.69) is 5.32 Å². The van der Waals surface area contributed by atoms with Gasteiger partial charge in [0.1, 0.15) is 5.78 Å². The third-order valence-electron chi connectivity index (χ3n) is 4.81. The number of likely N-dealkylation sites (tertiary alicyclic amines) is 1. The van der Waals surface area contributed by atoms with Gasteiger partial charge in [0.05, 0.1) is 5.60 Å². The van der Waals surface area contributed by atoms with Crippen molar-refractivity contribution in [2.45, 2.75) is 84.8 Å². The molecule has 1 unspecified atom stereocenters. The molecule has 0 spiro atoms. The van der Waals surface area contributed by atoms with E-state index < -0.39 is 5.54 Å². The lowest BCUT2D eigenvalue weighted by molar-refractivity contribution is -0.139. The summed E-state index contributed by atoms with van der Waals surface area (Å²) >= 11 is 0. The Kier molecular flexibility index (Phi) is 8.14. The van der Waals surface area contributed by atoms with Crippen molar-refractivity contribution in [3.63, 3.8) is 0 Å². The van der Waals surface area contributed by atoms with Gasteiger partial charge >= 0.3 is 0 Å². The standard InChI is InChI=1S/C20H34N2O5/c1-14-13-17(25)22(18(14)26)11-8-16(24)21-19(3,4)10-12-27-20(5,6)9-7-15(2)23/h14H,7-13H2,1-6H3,(H,21,24). The van der Waals surface area contributed by atoms with Crippen molar-refractivity contribution >= 4 is 23.5 Å². The second-order valence-corrected chi connectivity index (χ2v) is 8.73. The van der Waals surface area contributed by atoms with Crippen LogP contribution in [-0.4, -0.2) is 52.7 Å². The van der Waals surface area contributed by atoms with Crippen LogP contribution < -0.4 is 5.32 Å². The van der Waals surface area contributed by atoms with Crippen LogP contribution in [0.25, 0.3) is 0 Å². The SMILES string of the molecule is CC(=O)CCC(C)(C)OCCC(C)(C)NC(=O)CCN1C(=O)CC(C)C1=O. The Labute approximate surface area is 162 Å². The molecule has 0 aromatic carbocycles. The molecule has 1 heterocycles. The molecule has 7 heteroatoms. The summed E-state index contributed by atoms with van der Waals surface area (Å²) < 4.78 is 5.88. The zero-order valence-corrected chi connectivity index (χ0v) is 17.5. The van der Waals surface area contributed by atoms with E-state index in [0.717, 1.165) is 0 Å². The third kappa shape index (κ3) is 8.20. The Hall–Kier alpha value is -1.76. The lowest BCUT2D eigenvalue weighted by Crippen LogP contribution is -2.46. The van der Waals surface area contributed by atoms with Crippen LogP contribution in [0, 0.1) is 5.92 Å². The molecular formula is C20H34N2O5. The van der Waals surface area contributed by atoms with Crippen LogP contribution in [-0.2, 0) is 23.9 Å². The van der Waals surface area contributed by atoms with Gasteiger partial charge in [-0.25, -0.2) is 0 Å². The highest BCUT2D eigenvalue weighted by Gasteiger charge is 2.35. The largest absolute Gasteiger partial charge is 0.375 e. The van der Waals surface area contributed by atoms with Crippen LogP contribution in [0.2, 0.25) is 0 Å². The summed E-state index contributed by atoms with van der Waals surface area (Å²) in [7, 11) is 0. The van der Waals surface area contributed by atoms with Gasteiger partial charge in [0.2, 0.25) is 17.7 Å². The molecule has 3 amide bonds. The predicted molar refractivity (Wildman–Crippen MR) is 102 cm³/mol. The van der Waals surface area contributed by atoms with E-state index in [1.54, 1.807) is 13.8 Å². The quantitative estimate of drug-likeness (QED) is 0.553.